The lowest BCUT2D eigenvalue weighted by Gasteiger charge is -2.35. The van der Waals surface area contributed by atoms with Gasteiger partial charge in [-0.05, 0) is 58.7 Å². The minimum Gasteiger partial charge on any atom is -0.492 e. The number of rotatable bonds is 6. The Bertz CT molecular complexity index is 1040. The number of halogens is 2. The van der Waals surface area contributed by atoms with E-state index < -0.39 is 0 Å². The Morgan fingerprint density at radius 2 is 1.87 bits per heavy atom. The molecule has 1 aromatic heterocycles. The molecule has 4 rings (SSSR count). The van der Waals surface area contributed by atoms with Gasteiger partial charge in [-0.3, -0.25) is 4.79 Å². The third kappa shape index (κ3) is 5.05. The van der Waals surface area contributed by atoms with E-state index in [2.05, 4.69) is 39.0 Å². The molecule has 5 nitrogen and oxygen atoms in total. The summed E-state index contributed by atoms with van der Waals surface area (Å²) >= 11 is 9.37. The number of hydrogen-bond acceptors (Lipinski definition) is 4. The van der Waals surface area contributed by atoms with Crippen molar-refractivity contribution in [2.24, 2.45) is 0 Å². The molecular weight excluding hydrogens is 466 g/mol. The molecule has 1 fully saturated rings. The fraction of sp³-hybridized carbons (Fsp3) is 0.304. The zero-order chi connectivity index (χ0) is 20.9. The second kappa shape index (κ2) is 9.67. The zero-order valence-electron chi connectivity index (χ0n) is 16.6. The summed E-state index contributed by atoms with van der Waals surface area (Å²) in [5.41, 5.74) is 1.00. The summed E-state index contributed by atoms with van der Waals surface area (Å²) < 4.78 is 6.57. The van der Waals surface area contributed by atoms with Crippen LogP contribution in [0.2, 0.25) is 5.02 Å². The molecule has 0 spiro atoms. The standard InChI is InChI=1S/C23H23BrClN3O2/c24-19-16-18(25)8-9-21(19)30-15-3-6-23(29)28-13-11-27(12-14-28)22-10-7-17-4-1-2-5-20(17)26-22/h1-2,4-5,7-10,16H,3,6,11-15H2. The van der Waals surface area contributed by atoms with Crippen LogP contribution in [0.15, 0.2) is 59.1 Å². The van der Waals surface area contributed by atoms with Crippen LogP contribution in [-0.2, 0) is 4.79 Å². The third-order valence-electron chi connectivity index (χ3n) is 5.23. The summed E-state index contributed by atoms with van der Waals surface area (Å²) in [4.78, 5) is 21.5. The Hall–Kier alpha value is -2.31. The molecule has 1 amide bonds. The van der Waals surface area contributed by atoms with Gasteiger partial charge in [0.25, 0.3) is 0 Å². The molecule has 2 heterocycles. The molecule has 3 aromatic rings. The minimum atomic E-state index is 0.180. The summed E-state index contributed by atoms with van der Waals surface area (Å²) in [6.45, 7) is 3.53. The van der Waals surface area contributed by atoms with Gasteiger partial charge in [0.05, 0.1) is 16.6 Å². The van der Waals surface area contributed by atoms with Crippen molar-refractivity contribution >= 4 is 50.2 Å². The van der Waals surface area contributed by atoms with Gasteiger partial charge in [-0.2, -0.15) is 0 Å². The van der Waals surface area contributed by atoms with E-state index in [0.717, 1.165) is 53.1 Å². The van der Waals surface area contributed by atoms with Crippen LogP contribution in [0, 0.1) is 0 Å². The predicted molar refractivity (Wildman–Crippen MR) is 124 cm³/mol. The highest BCUT2D eigenvalue weighted by molar-refractivity contribution is 9.10. The normalized spacial score (nSPS) is 14.2. The average molecular weight is 489 g/mol. The van der Waals surface area contributed by atoms with Crippen molar-refractivity contribution in [1.82, 2.24) is 9.88 Å². The summed E-state index contributed by atoms with van der Waals surface area (Å²) in [7, 11) is 0. The number of anilines is 1. The number of pyridine rings is 1. The number of carbonyl (C=O) groups is 1. The highest BCUT2D eigenvalue weighted by atomic mass is 79.9. The van der Waals surface area contributed by atoms with Crippen LogP contribution in [0.4, 0.5) is 5.82 Å². The van der Waals surface area contributed by atoms with Crippen LogP contribution in [0.1, 0.15) is 12.8 Å². The zero-order valence-corrected chi connectivity index (χ0v) is 18.9. The monoisotopic (exact) mass is 487 g/mol. The smallest absolute Gasteiger partial charge is 0.222 e. The van der Waals surface area contributed by atoms with E-state index in [1.807, 2.05) is 29.2 Å². The van der Waals surface area contributed by atoms with Crippen molar-refractivity contribution in [3.8, 4) is 5.75 Å². The Labute approximate surface area is 189 Å². The van der Waals surface area contributed by atoms with Gasteiger partial charge in [0.1, 0.15) is 11.6 Å². The molecule has 0 radical (unpaired) electrons. The van der Waals surface area contributed by atoms with Crippen LogP contribution in [0.5, 0.6) is 5.75 Å². The van der Waals surface area contributed by atoms with Gasteiger partial charge in [0, 0.05) is 43.0 Å². The van der Waals surface area contributed by atoms with Gasteiger partial charge in [-0.25, -0.2) is 4.98 Å². The summed E-state index contributed by atoms with van der Waals surface area (Å²) in [5.74, 6) is 1.89. The Kier molecular flexibility index (Phi) is 6.75. The van der Waals surface area contributed by atoms with Gasteiger partial charge >= 0.3 is 0 Å². The lowest BCUT2D eigenvalue weighted by Crippen LogP contribution is -2.49. The Balaban J connectivity index is 1.23. The van der Waals surface area contributed by atoms with Crippen LogP contribution in [-0.4, -0.2) is 48.6 Å². The number of amides is 1. The van der Waals surface area contributed by atoms with E-state index in [0.29, 0.717) is 24.5 Å². The highest BCUT2D eigenvalue weighted by Gasteiger charge is 2.21. The van der Waals surface area contributed by atoms with Crippen LogP contribution in [0.3, 0.4) is 0 Å². The number of fused-ring (bicyclic) bond motifs is 1. The second-order valence-corrected chi connectivity index (χ2v) is 8.55. The maximum absolute atomic E-state index is 12.5. The lowest BCUT2D eigenvalue weighted by atomic mass is 10.2. The fourth-order valence-electron chi connectivity index (χ4n) is 3.57. The van der Waals surface area contributed by atoms with Gasteiger partial charge < -0.3 is 14.5 Å². The number of carbonyl (C=O) groups excluding carboxylic acids is 1. The summed E-state index contributed by atoms with van der Waals surface area (Å²) in [5, 5.41) is 1.80. The molecule has 0 unspecified atom stereocenters. The topological polar surface area (TPSA) is 45.7 Å². The molecule has 30 heavy (non-hydrogen) atoms. The first-order valence-corrected chi connectivity index (χ1v) is 11.2. The SMILES string of the molecule is O=C(CCCOc1ccc(Cl)cc1Br)N1CCN(c2ccc3ccccc3n2)CC1. The van der Waals surface area contributed by atoms with Gasteiger partial charge in [0.15, 0.2) is 0 Å². The first-order valence-electron chi connectivity index (χ1n) is 10.1. The minimum absolute atomic E-state index is 0.180. The number of aromatic nitrogens is 1. The molecule has 0 saturated carbocycles. The third-order valence-corrected chi connectivity index (χ3v) is 6.08. The van der Waals surface area contributed by atoms with E-state index in [-0.39, 0.29) is 5.91 Å². The average Bonchev–Trinajstić information content (AvgIpc) is 2.77. The number of nitrogens with zero attached hydrogens (tertiary/aromatic N) is 3. The maximum Gasteiger partial charge on any atom is 0.222 e. The molecule has 0 aliphatic carbocycles. The van der Waals surface area contributed by atoms with E-state index >= 15 is 0 Å². The van der Waals surface area contributed by atoms with Gasteiger partial charge in [0.2, 0.25) is 5.91 Å². The number of ether oxygens (including phenoxy) is 1. The molecule has 0 atom stereocenters. The van der Waals surface area contributed by atoms with Crippen molar-refractivity contribution in [2.75, 3.05) is 37.7 Å². The van der Waals surface area contributed by atoms with Crippen molar-refractivity contribution in [1.29, 1.82) is 0 Å². The van der Waals surface area contributed by atoms with Crippen molar-refractivity contribution in [2.45, 2.75) is 12.8 Å². The van der Waals surface area contributed by atoms with Crippen molar-refractivity contribution < 1.29 is 9.53 Å². The molecule has 0 bridgehead atoms. The summed E-state index contributed by atoms with van der Waals surface area (Å²) in [6, 6.07) is 17.7. The fourth-order valence-corrected chi connectivity index (χ4v) is 4.37. The molecule has 1 aliphatic heterocycles. The molecular formula is C23H23BrClN3O2. The van der Waals surface area contributed by atoms with E-state index in [4.69, 9.17) is 21.3 Å². The first-order chi connectivity index (χ1) is 14.6. The quantitative estimate of drug-likeness (QED) is 0.450. The van der Waals surface area contributed by atoms with Crippen LogP contribution in [0.25, 0.3) is 10.9 Å². The van der Waals surface area contributed by atoms with Crippen LogP contribution < -0.4 is 9.64 Å². The van der Waals surface area contributed by atoms with Crippen LogP contribution >= 0.6 is 27.5 Å². The number of benzene rings is 2. The maximum atomic E-state index is 12.5. The lowest BCUT2D eigenvalue weighted by molar-refractivity contribution is -0.131. The second-order valence-electron chi connectivity index (χ2n) is 7.26. The Morgan fingerprint density at radius 1 is 1.07 bits per heavy atom. The van der Waals surface area contributed by atoms with Gasteiger partial charge in [-0.15, -0.1) is 0 Å². The number of para-hydroxylation sites is 1. The van der Waals surface area contributed by atoms with E-state index in [9.17, 15) is 4.79 Å². The van der Waals surface area contributed by atoms with Gasteiger partial charge in [-0.1, -0.05) is 29.8 Å². The van der Waals surface area contributed by atoms with Crippen molar-refractivity contribution in [3.05, 3.63) is 64.1 Å². The van der Waals surface area contributed by atoms with Crippen molar-refractivity contribution in [3.63, 3.8) is 0 Å². The predicted octanol–water partition coefficient (Wildman–Crippen LogP) is 5.16. The molecule has 7 heteroatoms. The largest absolute Gasteiger partial charge is 0.492 e. The van der Waals surface area contributed by atoms with E-state index in [1.54, 1.807) is 12.1 Å². The molecule has 1 aliphatic rings. The number of piperazine rings is 1. The first kappa shape index (κ1) is 20.9. The number of hydrogen-bond donors (Lipinski definition) is 0. The molecule has 156 valence electrons. The highest BCUT2D eigenvalue weighted by Crippen LogP contribution is 2.28. The Morgan fingerprint density at radius 3 is 2.67 bits per heavy atom. The molecule has 2 aromatic carbocycles. The summed E-state index contributed by atoms with van der Waals surface area (Å²) in [6.07, 6.45) is 1.17. The van der Waals surface area contributed by atoms with E-state index in [1.165, 1.54) is 0 Å². The molecule has 0 N–H and O–H groups in total. The molecule has 1 saturated heterocycles.